The molecule has 0 radical (unpaired) electrons. The molecule has 180 valence electrons. The van der Waals surface area contributed by atoms with Crippen molar-refractivity contribution in [2.24, 2.45) is 7.05 Å². The van der Waals surface area contributed by atoms with Crippen LogP contribution < -0.4 is 10.5 Å². The molecular formula is C29H32N4O2. The third-order valence-electron chi connectivity index (χ3n) is 7.93. The van der Waals surface area contributed by atoms with E-state index in [0.29, 0.717) is 5.92 Å². The van der Waals surface area contributed by atoms with Crippen LogP contribution in [-0.2, 0) is 12.5 Å². The van der Waals surface area contributed by atoms with Crippen molar-refractivity contribution in [2.75, 3.05) is 18.0 Å². The van der Waals surface area contributed by atoms with Crippen LogP contribution in [0.25, 0.3) is 22.0 Å². The molecule has 0 bridgehead atoms. The number of nitrogens with zero attached hydrogens (tertiary/aromatic N) is 4. The summed E-state index contributed by atoms with van der Waals surface area (Å²) in [6, 6.07) is 14.6. The van der Waals surface area contributed by atoms with Gasteiger partial charge in [0, 0.05) is 30.9 Å². The fraction of sp³-hybridized carbons (Fsp3) is 0.414. The number of hydrogen-bond acceptors (Lipinski definition) is 5. The van der Waals surface area contributed by atoms with E-state index in [0.717, 1.165) is 71.5 Å². The normalized spacial score (nSPS) is 16.5. The number of anilines is 1. The zero-order chi connectivity index (χ0) is 24.9. The molecule has 6 heteroatoms. The molecule has 1 atom stereocenters. The number of pyridine rings is 1. The molecule has 1 aliphatic heterocycles. The molecule has 1 saturated heterocycles. The fourth-order valence-corrected chi connectivity index (χ4v) is 5.24. The summed E-state index contributed by atoms with van der Waals surface area (Å²) in [5.74, 6) is 1.18. The quantitative estimate of drug-likeness (QED) is 0.371. The number of hydrogen-bond donors (Lipinski definition) is 0. The van der Waals surface area contributed by atoms with Crippen molar-refractivity contribution in [2.45, 2.75) is 58.3 Å². The van der Waals surface area contributed by atoms with Crippen molar-refractivity contribution in [3.05, 3.63) is 69.3 Å². The Hall–Kier alpha value is -3.59. The van der Waals surface area contributed by atoms with Crippen LogP contribution >= 0.6 is 0 Å². The largest absolute Gasteiger partial charge is 0.440 e. The number of oxazole rings is 1. The Labute approximate surface area is 205 Å². The number of nitriles is 1. The molecule has 1 unspecified atom stereocenters. The first kappa shape index (κ1) is 23.2. The van der Waals surface area contributed by atoms with Gasteiger partial charge in [-0.15, -0.1) is 0 Å². The Kier molecular flexibility index (Phi) is 5.67. The zero-order valence-corrected chi connectivity index (χ0v) is 21.2. The second-order valence-electron chi connectivity index (χ2n) is 10.3. The molecule has 0 spiro atoms. The lowest BCUT2D eigenvalue weighted by Crippen LogP contribution is -2.42. The molecule has 1 fully saturated rings. The van der Waals surface area contributed by atoms with Crippen LogP contribution in [0.1, 0.15) is 68.5 Å². The standard InChI is InChI=1S/C29H32N4O2/c1-6-19(3)20-8-9-21-24(16-20)32(5)27(34)22(17-30)26(21)33-13-11-29(4,12-14-33)28-31-23-15-18(2)7-10-25(23)35-28/h7-10,15-16,19H,6,11-14H2,1-5H3. The summed E-state index contributed by atoms with van der Waals surface area (Å²) in [7, 11) is 1.76. The Morgan fingerprint density at radius 3 is 2.63 bits per heavy atom. The third kappa shape index (κ3) is 3.80. The van der Waals surface area contributed by atoms with Crippen molar-refractivity contribution < 1.29 is 4.42 Å². The van der Waals surface area contributed by atoms with Crippen molar-refractivity contribution >= 4 is 27.7 Å². The zero-order valence-electron chi connectivity index (χ0n) is 21.2. The maximum absolute atomic E-state index is 13.2. The van der Waals surface area contributed by atoms with Crippen molar-refractivity contribution in [1.82, 2.24) is 9.55 Å². The van der Waals surface area contributed by atoms with Gasteiger partial charge in [0.15, 0.2) is 5.58 Å². The molecule has 0 N–H and O–H groups in total. The van der Waals surface area contributed by atoms with Gasteiger partial charge in [-0.3, -0.25) is 4.79 Å². The number of fused-ring (bicyclic) bond motifs is 2. The van der Waals surface area contributed by atoms with E-state index in [1.807, 2.05) is 12.1 Å². The van der Waals surface area contributed by atoms with E-state index < -0.39 is 0 Å². The van der Waals surface area contributed by atoms with Crippen molar-refractivity contribution in [3.63, 3.8) is 0 Å². The molecule has 3 heterocycles. The second kappa shape index (κ2) is 8.57. The van der Waals surface area contributed by atoms with Crippen LogP contribution in [0.3, 0.4) is 0 Å². The van der Waals surface area contributed by atoms with E-state index >= 15 is 0 Å². The number of benzene rings is 2. The summed E-state index contributed by atoms with van der Waals surface area (Å²) in [5, 5.41) is 10.9. The Morgan fingerprint density at radius 2 is 1.94 bits per heavy atom. The van der Waals surface area contributed by atoms with Crippen molar-refractivity contribution in [1.29, 1.82) is 5.26 Å². The van der Waals surface area contributed by atoms with E-state index in [4.69, 9.17) is 9.40 Å². The number of rotatable bonds is 4. The summed E-state index contributed by atoms with van der Waals surface area (Å²) < 4.78 is 7.79. The van der Waals surface area contributed by atoms with Crippen LogP contribution in [0.4, 0.5) is 5.69 Å². The van der Waals surface area contributed by atoms with E-state index in [-0.39, 0.29) is 16.5 Å². The Morgan fingerprint density at radius 1 is 1.20 bits per heavy atom. The van der Waals surface area contributed by atoms with Gasteiger partial charge in [0.2, 0.25) is 5.89 Å². The number of aromatic nitrogens is 2. The van der Waals surface area contributed by atoms with Gasteiger partial charge in [-0.05, 0) is 61.4 Å². The third-order valence-corrected chi connectivity index (χ3v) is 7.93. The number of piperidine rings is 1. The lowest BCUT2D eigenvalue weighted by atomic mass is 9.80. The summed E-state index contributed by atoms with van der Waals surface area (Å²) >= 11 is 0. The minimum Gasteiger partial charge on any atom is -0.440 e. The topological polar surface area (TPSA) is 75.1 Å². The monoisotopic (exact) mass is 468 g/mol. The highest BCUT2D eigenvalue weighted by atomic mass is 16.3. The smallest absolute Gasteiger partial charge is 0.270 e. The number of aryl methyl sites for hydroxylation is 2. The molecular weight excluding hydrogens is 436 g/mol. The van der Waals surface area contributed by atoms with Crippen LogP contribution in [0.5, 0.6) is 0 Å². The summed E-state index contributed by atoms with van der Waals surface area (Å²) in [6.07, 6.45) is 2.68. The van der Waals surface area contributed by atoms with Gasteiger partial charge in [0.05, 0.1) is 11.2 Å². The van der Waals surface area contributed by atoms with Gasteiger partial charge < -0.3 is 13.9 Å². The fourth-order valence-electron chi connectivity index (χ4n) is 5.24. The van der Waals surface area contributed by atoms with Crippen LogP contribution in [0.15, 0.2) is 45.6 Å². The van der Waals surface area contributed by atoms with Gasteiger partial charge in [-0.25, -0.2) is 4.98 Å². The van der Waals surface area contributed by atoms with Crippen LogP contribution in [-0.4, -0.2) is 22.6 Å². The highest BCUT2D eigenvalue weighted by Gasteiger charge is 2.37. The Balaban J connectivity index is 1.53. The predicted molar refractivity (Wildman–Crippen MR) is 140 cm³/mol. The lowest BCUT2D eigenvalue weighted by molar-refractivity contribution is 0.292. The van der Waals surface area contributed by atoms with Gasteiger partial charge in [0.1, 0.15) is 17.1 Å². The van der Waals surface area contributed by atoms with Crippen LogP contribution in [0, 0.1) is 18.3 Å². The summed E-state index contributed by atoms with van der Waals surface area (Å²) in [6.45, 7) is 10.1. The molecule has 4 aromatic rings. The van der Waals surface area contributed by atoms with Gasteiger partial charge >= 0.3 is 0 Å². The molecule has 35 heavy (non-hydrogen) atoms. The summed E-state index contributed by atoms with van der Waals surface area (Å²) in [4.78, 5) is 20.2. The first-order valence-electron chi connectivity index (χ1n) is 12.4. The van der Waals surface area contributed by atoms with E-state index in [9.17, 15) is 10.1 Å². The minimum absolute atomic E-state index is 0.199. The lowest BCUT2D eigenvalue weighted by Gasteiger charge is -2.39. The SMILES string of the molecule is CCC(C)c1ccc2c(N3CCC(C)(c4nc5cc(C)ccc5o4)CC3)c(C#N)c(=O)n(C)c2c1. The average molecular weight is 469 g/mol. The predicted octanol–water partition coefficient (Wildman–Crippen LogP) is 5.93. The molecule has 5 rings (SSSR count). The van der Waals surface area contributed by atoms with Gasteiger partial charge in [-0.2, -0.15) is 5.26 Å². The highest BCUT2D eigenvalue weighted by Crippen LogP contribution is 2.40. The average Bonchev–Trinajstić information content (AvgIpc) is 3.30. The molecule has 2 aromatic heterocycles. The van der Waals surface area contributed by atoms with E-state index in [2.05, 4.69) is 62.9 Å². The maximum atomic E-state index is 13.2. The molecule has 0 amide bonds. The molecule has 1 aliphatic rings. The Bertz CT molecular complexity index is 1530. The van der Waals surface area contributed by atoms with Crippen molar-refractivity contribution in [3.8, 4) is 6.07 Å². The first-order chi connectivity index (χ1) is 16.8. The van der Waals surface area contributed by atoms with Crippen LogP contribution in [0.2, 0.25) is 0 Å². The summed E-state index contributed by atoms with van der Waals surface area (Å²) in [5.41, 5.74) is 5.51. The first-order valence-corrected chi connectivity index (χ1v) is 12.4. The molecule has 2 aromatic carbocycles. The van der Waals surface area contributed by atoms with E-state index in [1.165, 1.54) is 5.56 Å². The molecule has 6 nitrogen and oxygen atoms in total. The maximum Gasteiger partial charge on any atom is 0.270 e. The van der Waals surface area contributed by atoms with Gasteiger partial charge in [0.25, 0.3) is 5.56 Å². The molecule has 0 saturated carbocycles. The highest BCUT2D eigenvalue weighted by molar-refractivity contribution is 5.95. The molecule has 0 aliphatic carbocycles. The van der Waals surface area contributed by atoms with E-state index in [1.54, 1.807) is 11.6 Å². The second-order valence-corrected chi connectivity index (χ2v) is 10.3. The minimum atomic E-state index is -0.237. The van der Waals surface area contributed by atoms with Gasteiger partial charge in [-0.1, -0.05) is 39.0 Å².